The van der Waals surface area contributed by atoms with Crippen molar-refractivity contribution in [2.45, 2.75) is 20.8 Å². The average molecular weight is 413 g/mol. The summed E-state index contributed by atoms with van der Waals surface area (Å²) in [7, 11) is 0. The van der Waals surface area contributed by atoms with Gasteiger partial charge in [-0.1, -0.05) is 5.16 Å². The van der Waals surface area contributed by atoms with Crippen LogP contribution in [0.1, 0.15) is 27.6 Å². The lowest BCUT2D eigenvalue weighted by atomic mass is 10.1. The Labute approximate surface area is 177 Å². The van der Waals surface area contributed by atoms with E-state index in [0.29, 0.717) is 33.7 Å². The summed E-state index contributed by atoms with van der Waals surface area (Å²) in [6, 6.07) is 11.1. The van der Waals surface area contributed by atoms with E-state index in [-0.39, 0.29) is 5.91 Å². The topological polar surface area (TPSA) is 99.0 Å². The summed E-state index contributed by atoms with van der Waals surface area (Å²) in [4.78, 5) is 21.8. The number of aryl methyl sites for hydroxylation is 3. The predicted molar refractivity (Wildman–Crippen MR) is 115 cm³/mol. The van der Waals surface area contributed by atoms with Crippen molar-refractivity contribution in [3.8, 4) is 16.9 Å². The van der Waals surface area contributed by atoms with Gasteiger partial charge in [-0.2, -0.15) is 0 Å². The van der Waals surface area contributed by atoms with Gasteiger partial charge in [-0.25, -0.2) is 9.97 Å². The first kappa shape index (κ1) is 18.8. The maximum Gasteiger partial charge on any atom is 0.259 e. The third-order valence-corrected chi connectivity index (χ3v) is 5.11. The van der Waals surface area contributed by atoms with Gasteiger partial charge in [0.05, 0.1) is 28.7 Å². The van der Waals surface area contributed by atoms with Gasteiger partial charge in [-0.3, -0.25) is 4.79 Å². The summed E-state index contributed by atoms with van der Waals surface area (Å²) in [5.41, 5.74) is 4.39. The van der Waals surface area contributed by atoms with Crippen molar-refractivity contribution in [2.75, 3.05) is 5.32 Å². The van der Waals surface area contributed by atoms with E-state index in [2.05, 4.69) is 20.4 Å². The molecule has 0 aliphatic carbocycles. The first-order valence-corrected chi connectivity index (χ1v) is 9.74. The molecule has 154 valence electrons. The molecule has 31 heavy (non-hydrogen) atoms. The molecule has 8 heteroatoms. The molecule has 4 aromatic heterocycles. The maximum absolute atomic E-state index is 13.2. The summed E-state index contributed by atoms with van der Waals surface area (Å²) < 4.78 is 12.9. The van der Waals surface area contributed by atoms with Crippen LogP contribution < -0.4 is 5.32 Å². The third kappa shape index (κ3) is 3.38. The van der Waals surface area contributed by atoms with Crippen molar-refractivity contribution in [3.05, 3.63) is 77.9 Å². The number of hydrogen-bond acceptors (Lipinski definition) is 6. The molecular weight excluding hydrogens is 394 g/mol. The number of nitrogens with one attached hydrogen (secondary N) is 1. The van der Waals surface area contributed by atoms with Gasteiger partial charge in [0.25, 0.3) is 11.6 Å². The third-order valence-electron chi connectivity index (χ3n) is 5.11. The Kier molecular flexibility index (Phi) is 4.39. The molecule has 0 fully saturated rings. The van der Waals surface area contributed by atoms with Crippen LogP contribution in [0, 0.1) is 20.8 Å². The SMILES string of the molecule is Cc1cc(-c2cc(C(=O)Nc3ccc(-n4ccnc4)cc3)c3c(C)noc3n2)c(C)o1. The zero-order chi connectivity index (χ0) is 21.5. The summed E-state index contributed by atoms with van der Waals surface area (Å²) in [5, 5.41) is 7.54. The Morgan fingerprint density at radius 1 is 1.10 bits per heavy atom. The minimum absolute atomic E-state index is 0.270. The number of aromatic nitrogens is 4. The number of amides is 1. The molecule has 1 amide bonds. The number of benzene rings is 1. The molecule has 0 saturated carbocycles. The van der Waals surface area contributed by atoms with Gasteiger partial charge in [0.1, 0.15) is 11.5 Å². The predicted octanol–water partition coefficient (Wildman–Crippen LogP) is 4.85. The van der Waals surface area contributed by atoms with E-state index in [1.165, 1.54) is 0 Å². The van der Waals surface area contributed by atoms with Gasteiger partial charge in [0, 0.05) is 29.3 Å². The largest absolute Gasteiger partial charge is 0.466 e. The molecule has 0 spiro atoms. The molecule has 0 atom stereocenters. The molecule has 5 rings (SSSR count). The summed E-state index contributed by atoms with van der Waals surface area (Å²) in [6.07, 6.45) is 5.29. The number of rotatable bonds is 4. The minimum Gasteiger partial charge on any atom is -0.466 e. The number of pyridine rings is 1. The normalized spacial score (nSPS) is 11.2. The first-order valence-electron chi connectivity index (χ1n) is 9.74. The Bertz CT molecular complexity index is 1400. The van der Waals surface area contributed by atoms with Crippen LogP contribution in [0.2, 0.25) is 0 Å². The molecule has 0 aliphatic rings. The Hall–Kier alpha value is -4.20. The van der Waals surface area contributed by atoms with Crippen LogP contribution in [0.25, 0.3) is 28.0 Å². The number of anilines is 1. The van der Waals surface area contributed by atoms with Gasteiger partial charge in [0.2, 0.25) is 0 Å². The van der Waals surface area contributed by atoms with E-state index in [1.807, 2.05) is 54.9 Å². The lowest BCUT2D eigenvalue weighted by molar-refractivity contribution is 0.102. The molecule has 0 bridgehead atoms. The van der Waals surface area contributed by atoms with Gasteiger partial charge in [0.15, 0.2) is 0 Å². The fourth-order valence-corrected chi connectivity index (χ4v) is 3.62. The Morgan fingerprint density at radius 3 is 2.58 bits per heavy atom. The van der Waals surface area contributed by atoms with Crippen molar-refractivity contribution < 1.29 is 13.7 Å². The number of hydrogen-bond donors (Lipinski definition) is 1. The highest BCUT2D eigenvalue weighted by atomic mass is 16.5. The first-order chi connectivity index (χ1) is 15.0. The van der Waals surface area contributed by atoms with Crippen LogP contribution in [-0.2, 0) is 0 Å². The average Bonchev–Trinajstić information content (AvgIpc) is 3.49. The maximum atomic E-state index is 13.2. The molecule has 5 aromatic rings. The van der Waals surface area contributed by atoms with Gasteiger partial charge in [-0.15, -0.1) is 0 Å². The van der Waals surface area contributed by atoms with E-state index in [0.717, 1.165) is 22.8 Å². The molecule has 1 aromatic carbocycles. The fourth-order valence-electron chi connectivity index (χ4n) is 3.62. The second-order valence-corrected chi connectivity index (χ2v) is 7.30. The van der Waals surface area contributed by atoms with E-state index in [1.54, 1.807) is 25.5 Å². The summed E-state index contributed by atoms with van der Waals surface area (Å²) in [5.74, 6) is 1.22. The second kappa shape index (κ2) is 7.24. The zero-order valence-corrected chi connectivity index (χ0v) is 17.2. The number of imidazole rings is 1. The summed E-state index contributed by atoms with van der Waals surface area (Å²) in [6.45, 7) is 5.52. The number of nitrogens with zero attached hydrogens (tertiary/aromatic N) is 4. The lowest BCUT2D eigenvalue weighted by Gasteiger charge is -2.09. The van der Waals surface area contributed by atoms with Crippen molar-refractivity contribution in [3.63, 3.8) is 0 Å². The summed E-state index contributed by atoms with van der Waals surface area (Å²) >= 11 is 0. The van der Waals surface area contributed by atoms with Gasteiger partial charge < -0.3 is 18.8 Å². The molecule has 1 N–H and O–H groups in total. The number of furan rings is 1. The van der Waals surface area contributed by atoms with Crippen molar-refractivity contribution in [1.29, 1.82) is 0 Å². The van der Waals surface area contributed by atoms with E-state index < -0.39 is 0 Å². The molecule has 0 saturated heterocycles. The highest BCUT2D eigenvalue weighted by Crippen LogP contribution is 2.31. The molecule has 0 aliphatic heterocycles. The van der Waals surface area contributed by atoms with Crippen molar-refractivity contribution in [2.24, 2.45) is 0 Å². The number of carbonyl (C=O) groups excluding carboxylic acids is 1. The molecule has 0 radical (unpaired) electrons. The highest BCUT2D eigenvalue weighted by molar-refractivity contribution is 6.13. The monoisotopic (exact) mass is 413 g/mol. The van der Waals surface area contributed by atoms with E-state index in [4.69, 9.17) is 8.94 Å². The zero-order valence-electron chi connectivity index (χ0n) is 17.2. The van der Waals surface area contributed by atoms with Crippen LogP contribution in [-0.4, -0.2) is 25.6 Å². The molecule has 0 unspecified atom stereocenters. The molecule has 8 nitrogen and oxygen atoms in total. The number of fused-ring (bicyclic) bond motifs is 1. The molecular formula is C23H19N5O3. The standard InChI is InChI=1S/C23H19N5O3/c1-13-10-18(15(3)30-13)20-11-19(21-14(2)27-31-23(21)26-20)22(29)25-16-4-6-17(7-5-16)28-9-8-24-12-28/h4-12H,1-3H3,(H,25,29). The highest BCUT2D eigenvalue weighted by Gasteiger charge is 2.21. The minimum atomic E-state index is -0.270. The van der Waals surface area contributed by atoms with Gasteiger partial charge >= 0.3 is 0 Å². The number of carbonyl (C=O) groups is 1. The smallest absolute Gasteiger partial charge is 0.259 e. The van der Waals surface area contributed by atoms with Crippen LogP contribution in [0.3, 0.4) is 0 Å². The molecule has 4 heterocycles. The fraction of sp³-hybridized carbons (Fsp3) is 0.130. The lowest BCUT2D eigenvalue weighted by Crippen LogP contribution is -2.13. The Morgan fingerprint density at radius 2 is 1.90 bits per heavy atom. The van der Waals surface area contributed by atoms with Crippen molar-refractivity contribution >= 4 is 22.7 Å². The van der Waals surface area contributed by atoms with Crippen LogP contribution in [0.4, 0.5) is 5.69 Å². The van der Waals surface area contributed by atoms with Crippen LogP contribution in [0.5, 0.6) is 0 Å². The second-order valence-electron chi connectivity index (χ2n) is 7.30. The van der Waals surface area contributed by atoms with E-state index in [9.17, 15) is 4.79 Å². The van der Waals surface area contributed by atoms with Gasteiger partial charge in [-0.05, 0) is 57.2 Å². The Balaban J connectivity index is 1.52. The van der Waals surface area contributed by atoms with E-state index >= 15 is 0 Å². The van der Waals surface area contributed by atoms with Crippen LogP contribution in [0.15, 0.2) is 64.1 Å². The van der Waals surface area contributed by atoms with Crippen molar-refractivity contribution in [1.82, 2.24) is 19.7 Å². The van der Waals surface area contributed by atoms with Crippen LogP contribution >= 0.6 is 0 Å². The quantitative estimate of drug-likeness (QED) is 0.452.